The lowest BCUT2D eigenvalue weighted by Gasteiger charge is -2.11. The van der Waals surface area contributed by atoms with E-state index in [1.54, 1.807) is 24.3 Å². The molecule has 0 N–H and O–H groups in total. The fourth-order valence-electron chi connectivity index (χ4n) is 7.12. The van der Waals surface area contributed by atoms with Crippen LogP contribution in [0.15, 0.2) is 198 Å². The number of fused-ring (bicyclic) bond motifs is 6. The molecule has 8 aromatic carbocycles. The van der Waals surface area contributed by atoms with Crippen molar-refractivity contribution in [2.75, 3.05) is 0 Å². The third-order valence-electron chi connectivity index (χ3n) is 9.80. The van der Waals surface area contributed by atoms with E-state index in [1.165, 1.54) is 0 Å². The molecule has 5 heteroatoms. The second-order valence-corrected chi connectivity index (χ2v) is 13.1. The zero-order valence-electron chi connectivity index (χ0n) is 41.2. The van der Waals surface area contributed by atoms with Gasteiger partial charge in [0.25, 0.3) is 0 Å². The second-order valence-electron chi connectivity index (χ2n) is 13.1. The highest BCUT2D eigenvalue weighted by Crippen LogP contribution is 2.37. The molecule has 0 fully saturated rings. The smallest absolute Gasteiger partial charge is 0.164 e. The van der Waals surface area contributed by atoms with Gasteiger partial charge in [-0.1, -0.05) is 139 Å². The zero-order chi connectivity index (χ0) is 47.4. The van der Waals surface area contributed by atoms with E-state index in [2.05, 4.69) is 0 Å². The van der Waals surface area contributed by atoms with E-state index >= 15 is 0 Å². The maximum absolute atomic E-state index is 9.73. The minimum atomic E-state index is -0.710. The van der Waals surface area contributed by atoms with Gasteiger partial charge in [0.2, 0.25) is 0 Å². The fraction of sp³-hybridized carbons (Fsp3) is 0. The van der Waals surface area contributed by atoms with Crippen molar-refractivity contribution in [2.45, 2.75) is 0 Å². The Morgan fingerprint density at radius 3 is 1.84 bits per heavy atom. The van der Waals surface area contributed by atoms with Crippen LogP contribution in [-0.2, 0) is 0 Å². The quantitative estimate of drug-likeness (QED) is 0.171. The van der Waals surface area contributed by atoms with Crippen molar-refractivity contribution in [3.05, 3.63) is 194 Å². The number of aromatic nitrogens is 4. The summed E-state index contributed by atoms with van der Waals surface area (Å²) < 4.78 is 114. The summed E-state index contributed by atoms with van der Waals surface area (Å²) >= 11 is 0. The summed E-state index contributed by atoms with van der Waals surface area (Å²) in [4.78, 5) is 14.9. The molecule has 3 heterocycles. The van der Waals surface area contributed by atoms with Crippen LogP contribution in [-0.4, -0.2) is 19.5 Å². The summed E-state index contributed by atoms with van der Waals surface area (Å²) in [5, 5.41) is 1.53. The van der Waals surface area contributed by atoms with E-state index in [9.17, 15) is 4.11 Å². The summed E-state index contributed by atoms with van der Waals surface area (Å²) in [6.07, 6.45) is 0. The molecule has 0 atom stereocenters. The molecule has 3 aromatic heterocycles. The van der Waals surface area contributed by atoms with Gasteiger partial charge in [-0.3, -0.25) is 0 Å². The molecule has 0 saturated carbocycles. The van der Waals surface area contributed by atoms with E-state index in [0.29, 0.717) is 33.9 Å². The first-order valence-corrected chi connectivity index (χ1v) is 17.8. The van der Waals surface area contributed by atoms with E-state index in [1.807, 2.05) is 97.1 Å². The molecule has 0 aliphatic carbocycles. The van der Waals surface area contributed by atoms with Gasteiger partial charge in [-0.05, 0) is 76.7 Å². The molecule has 0 unspecified atom stereocenters. The van der Waals surface area contributed by atoms with E-state index in [0.717, 1.165) is 32.0 Å². The van der Waals surface area contributed by atoms with Crippen molar-refractivity contribution in [1.29, 1.82) is 0 Å². The fourth-order valence-corrected chi connectivity index (χ4v) is 7.12. The van der Waals surface area contributed by atoms with Gasteiger partial charge in [-0.2, -0.15) is 0 Å². The summed E-state index contributed by atoms with van der Waals surface area (Å²) in [6.45, 7) is 0. The van der Waals surface area contributed by atoms with Crippen LogP contribution in [0.5, 0.6) is 0 Å². The molecule has 5 nitrogen and oxygen atoms in total. The van der Waals surface area contributed by atoms with E-state index in [4.69, 9.17) is 31.7 Å². The number of furan rings is 1. The normalized spacial score (nSPS) is 14.6. The van der Waals surface area contributed by atoms with Crippen molar-refractivity contribution in [3.8, 4) is 62.1 Å². The van der Waals surface area contributed by atoms with Crippen LogP contribution in [0.4, 0.5) is 0 Å². The molecule has 11 rings (SSSR count). The van der Waals surface area contributed by atoms with Crippen molar-refractivity contribution in [1.82, 2.24) is 19.5 Å². The third-order valence-corrected chi connectivity index (χ3v) is 9.80. The Bertz CT molecular complexity index is 3920. The lowest BCUT2D eigenvalue weighted by atomic mass is 10.0. The molecule has 56 heavy (non-hydrogen) atoms. The SMILES string of the molecule is [2H]c1c([2H])c([2H])c(-n2c3c([2H])c([2H])c([2H])c([2H])c3c3c([2H])c(-c4cccc(-c5nc(-c6ccc(-c7ccccc7)cc6)nc(-c6ccc7c(c6)oc6ccccc67)n5)c4)c([2H])c([2H])c32)c([2H])c1[2H]. The highest BCUT2D eigenvalue weighted by molar-refractivity contribution is 6.10. The monoisotopic (exact) mass is 728 g/mol. The van der Waals surface area contributed by atoms with Gasteiger partial charge >= 0.3 is 0 Å². The number of hydrogen-bond acceptors (Lipinski definition) is 4. The highest BCUT2D eigenvalue weighted by Gasteiger charge is 2.17. The van der Waals surface area contributed by atoms with Crippen molar-refractivity contribution in [3.63, 3.8) is 0 Å². The lowest BCUT2D eigenvalue weighted by Crippen LogP contribution is -2.00. The average molecular weight is 729 g/mol. The molecule has 0 spiro atoms. The highest BCUT2D eigenvalue weighted by atomic mass is 16.3. The molecule has 0 bridgehead atoms. The third kappa shape index (κ3) is 5.45. The number of hydrogen-bond donors (Lipinski definition) is 0. The van der Waals surface area contributed by atoms with Crippen LogP contribution in [0, 0.1) is 0 Å². The van der Waals surface area contributed by atoms with Gasteiger partial charge in [-0.25, -0.2) is 15.0 Å². The predicted molar refractivity (Wildman–Crippen MR) is 229 cm³/mol. The van der Waals surface area contributed by atoms with E-state index < -0.39 is 72.2 Å². The van der Waals surface area contributed by atoms with Crippen LogP contribution in [0.1, 0.15) is 16.4 Å². The number of nitrogens with zero attached hydrogens (tertiary/aromatic N) is 4. The first-order valence-electron chi connectivity index (χ1n) is 23.8. The summed E-state index contributed by atoms with van der Waals surface area (Å²) in [5.74, 6) is 0.962. The van der Waals surface area contributed by atoms with Crippen molar-refractivity contribution in [2.24, 2.45) is 0 Å². The standard InChI is InChI=1S/C51H32N4O/c1-3-12-33(13-4-1)34-22-24-35(25-23-34)49-52-50(54-51(53-49)39-26-28-43-42-19-8-10-21-47(42)56-48(43)32-39)38-15-11-14-36(30-38)37-27-29-46-44(31-37)41-18-7-9-20-45(41)55(46)40-16-5-2-6-17-40/h1-32H/i2D,5D,6D,7D,9D,16D,17D,18D,20D,27D,29D,31D. The Kier molecular flexibility index (Phi) is 5.10. The molecular weight excluding hydrogens is 685 g/mol. The largest absolute Gasteiger partial charge is 0.456 e. The van der Waals surface area contributed by atoms with Gasteiger partial charge < -0.3 is 8.98 Å². The molecular formula is C51H32N4O. The molecule has 11 aromatic rings. The van der Waals surface area contributed by atoms with Crippen LogP contribution < -0.4 is 0 Å². The average Bonchev–Trinajstić information content (AvgIpc) is 3.92. The Morgan fingerprint density at radius 2 is 1.00 bits per heavy atom. The lowest BCUT2D eigenvalue weighted by molar-refractivity contribution is 0.669. The van der Waals surface area contributed by atoms with Gasteiger partial charge in [0.1, 0.15) is 11.2 Å². The Morgan fingerprint density at radius 1 is 0.393 bits per heavy atom. The number of para-hydroxylation sites is 3. The van der Waals surface area contributed by atoms with Crippen LogP contribution in [0.3, 0.4) is 0 Å². The molecule has 0 radical (unpaired) electrons. The maximum Gasteiger partial charge on any atom is 0.164 e. The molecule has 0 aliphatic heterocycles. The Hall–Kier alpha value is -7.63. The summed E-state index contributed by atoms with van der Waals surface area (Å²) in [5.41, 5.74) is 4.41. The predicted octanol–water partition coefficient (Wildman–Crippen LogP) is 13.2. The molecule has 262 valence electrons. The zero-order valence-corrected chi connectivity index (χ0v) is 29.2. The molecule has 0 aliphatic rings. The Balaban J connectivity index is 1.13. The second kappa shape index (κ2) is 13.0. The molecule has 0 amide bonds. The van der Waals surface area contributed by atoms with E-state index in [-0.39, 0.29) is 44.8 Å². The summed E-state index contributed by atoms with van der Waals surface area (Å²) in [6, 6.07) is 30.7. The van der Waals surface area contributed by atoms with Crippen LogP contribution in [0.2, 0.25) is 0 Å². The Labute approximate surface area is 339 Å². The van der Waals surface area contributed by atoms with Crippen molar-refractivity contribution >= 4 is 43.7 Å². The molecule has 0 saturated heterocycles. The van der Waals surface area contributed by atoms with Gasteiger partial charge in [0.05, 0.1) is 27.5 Å². The topological polar surface area (TPSA) is 56.7 Å². The van der Waals surface area contributed by atoms with Crippen molar-refractivity contribution < 1.29 is 20.9 Å². The minimum Gasteiger partial charge on any atom is -0.456 e. The van der Waals surface area contributed by atoms with Crippen LogP contribution >= 0.6 is 0 Å². The summed E-state index contributed by atoms with van der Waals surface area (Å²) in [7, 11) is 0. The maximum atomic E-state index is 9.73. The minimum absolute atomic E-state index is 0.0572. The van der Waals surface area contributed by atoms with Gasteiger partial charge in [0.15, 0.2) is 17.5 Å². The van der Waals surface area contributed by atoms with Gasteiger partial charge in [0, 0.05) is 43.9 Å². The first kappa shape index (κ1) is 21.9. The number of benzene rings is 8. The van der Waals surface area contributed by atoms with Crippen LogP contribution in [0.25, 0.3) is 106 Å². The number of rotatable bonds is 6. The van der Waals surface area contributed by atoms with Gasteiger partial charge in [-0.15, -0.1) is 0 Å². The first-order chi connectivity index (χ1) is 32.7.